The smallest absolute Gasteiger partial charge is 0.354 e. The van der Waals surface area contributed by atoms with Gasteiger partial charge in [-0.25, -0.2) is 9.78 Å². The second-order valence-corrected chi connectivity index (χ2v) is 6.13. The van der Waals surface area contributed by atoms with E-state index in [9.17, 15) is 9.90 Å². The Morgan fingerprint density at radius 1 is 1.40 bits per heavy atom. The van der Waals surface area contributed by atoms with Crippen molar-refractivity contribution in [1.82, 2.24) is 9.55 Å². The van der Waals surface area contributed by atoms with Gasteiger partial charge < -0.3 is 9.67 Å². The van der Waals surface area contributed by atoms with Crippen molar-refractivity contribution in [2.75, 3.05) is 0 Å². The fourth-order valence-electron chi connectivity index (χ4n) is 3.40. The summed E-state index contributed by atoms with van der Waals surface area (Å²) in [5.74, 6) is -0.178. The summed E-state index contributed by atoms with van der Waals surface area (Å²) in [6.07, 6.45) is 2.40. The van der Waals surface area contributed by atoms with Crippen LogP contribution in [0.3, 0.4) is 0 Å². The molecule has 1 atom stereocenters. The molecule has 4 nitrogen and oxygen atoms in total. The van der Waals surface area contributed by atoms with Gasteiger partial charge in [0.05, 0.1) is 12.2 Å². The molecule has 1 unspecified atom stereocenters. The highest BCUT2D eigenvalue weighted by atomic mass is 16.4. The summed E-state index contributed by atoms with van der Waals surface area (Å²) in [5.41, 5.74) is 2.74. The molecule has 20 heavy (non-hydrogen) atoms. The maximum Gasteiger partial charge on any atom is 0.354 e. The number of aromatic carboxylic acids is 1. The van der Waals surface area contributed by atoms with Crippen LogP contribution in [0.2, 0.25) is 0 Å². The van der Waals surface area contributed by atoms with E-state index >= 15 is 0 Å². The van der Waals surface area contributed by atoms with E-state index in [2.05, 4.69) is 31.0 Å². The van der Waals surface area contributed by atoms with Gasteiger partial charge in [-0.05, 0) is 29.9 Å². The minimum atomic E-state index is -0.925. The first-order chi connectivity index (χ1) is 9.42. The van der Waals surface area contributed by atoms with E-state index in [0.29, 0.717) is 0 Å². The molecule has 0 spiro atoms. The largest absolute Gasteiger partial charge is 0.477 e. The van der Waals surface area contributed by atoms with Crippen LogP contribution in [0.25, 0.3) is 0 Å². The topological polar surface area (TPSA) is 55.1 Å². The maximum atomic E-state index is 11.5. The molecule has 0 saturated carbocycles. The number of nitrogens with zero attached hydrogens (tertiary/aromatic N) is 2. The van der Waals surface area contributed by atoms with Crippen molar-refractivity contribution in [3.63, 3.8) is 0 Å². The standard InChI is InChI=1S/C16H18N2O2/c1-10-17-9-13(15(19)20)18(10)14-12-7-5-4-6-11(12)8-16(14,2)3/h4-7,9,14H,8H2,1-3H3,(H,19,20). The normalized spacial score (nSPS) is 19.9. The van der Waals surface area contributed by atoms with Gasteiger partial charge in [-0.3, -0.25) is 0 Å². The third kappa shape index (κ3) is 1.75. The number of carbonyl (C=O) groups is 1. The monoisotopic (exact) mass is 270 g/mol. The van der Waals surface area contributed by atoms with Crippen LogP contribution in [0.4, 0.5) is 0 Å². The van der Waals surface area contributed by atoms with Crippen molar-refractivity contribution in [2.24, 2.45) is 5.41 Å². The Morgan fingerprint density at radius 2 is 2.10 bits per heavy atom. The lowest BCUT2D eigenvalue weighted by molar-refractivity contribution is 0.0679. The fourth-order valence-corrected chi connectivity index (χ4v) is 3.40. The summed E-state index contributed by atoms with van der Waals surface area (Å²) in [4.78, 5) is 15.7. The van der Waals surface area contributed by atoms with Crippen LogP contribution in [0.1, 0.15) is 47.3 Å². The number of carboxylic acids is 1. The van der Waals surface area contributed by atoms with Crippen molar-refractivity contribution in [3.05, 3.63) is 53.1 Å². The number of carboxylic acid groups (broad SMARTS) is 1. The molecular weight excluding hydrogens is 252 g/mol. The van der Waals surface area contributed by atoms with Gasteiger partial charge >= 0.3 is 5.97 Å². The Hall–Kier alpha value is -2.10. The molecule has 1 aromatic heterocycles. The highest BCUT2D eigenvalue weighted by Gasteiger charge is 2.41. The quantitative estimate of drug-likeness (QED) is 0.912. The number of fused-ring (bicyclic) bond motifs is 1. The van der Waals surface area contributed by atoms with E-state index in [-0.39, 0.29) is 17.2 Å². The molecular formula is C16H18N2O2. The van der Waals surface area contributed by atoms with Crippen LogP contribution in [0, 0.1) is 12.3 Å². The van der Waals surface area contributed by atoms with Crippen molar-refractivity contribution in [2.45, 2.75) is 33.2 Å². The lowest BCUT2D eigenvalue weighted by Crippen LogP contribution is -2.27. The van der Waals surface area contributed by atoms with Gasteiger partial charge in [0.15, 0.2) is 0 Å². The second kappa shape index (κ2) is 4.20. The van der Waals surface area contributed by atoms with Crippen LogP contribution in [-0.4, -0.2) is 20.6 Å². The maximum absolute atomic E-state index is 11.5. The molecule has 1 aliphatic rings. The summed E-state index contributed by atoms with van der Waals surface area (Å²) >= 11 is 0. The summed E-state index contributed by atoms with van der Waals surface area (Å²) < 4.78 is 1.87. The van der Waals surface area contributed by atoms with Gasteiger partial charge in [0.2, 0.25) is 0 Å². The lowest BCUT2D eigenvalue weighted by atomic mass is 9.85. The van der Waals surface area contributed by atoms with Crippen LogP contribution in [-0.2, 0) is 6.42 Å². The molecule has 0 fully saturated rings. The zero-order chi connectivity index (χ0) is 14.5. The fraction of sp³-hybridized carbons (Fsp3) is 0.375. The van der Waals surface area contributed by atoms with E-state index in [1.807, 2.05) is 23.6 Å². The lowest BCUT2D eigenvalue weighted by Gasteiger charge is -2.30. The van der Waals surface area contributed by atoms with E-state index in [1.54, 1.807) is 0 Å². The predicted octanol–water partition coefficient (Wildman–Crippen LogP) is 3.06. The summed E-state index contributed by atoms with van der Waals surface area (Å²) in [6.45, 7) is 6.23. The van der Waals surface area contributed by atoms with Gasteiger partial charge in [-0.1, -0.05) is 38.1 Å². The van der Waals surface area contributed by atoms with Crippen molar-refractivity contribution in [1.29, 1.82) is 0 Å². The summed E-state index contributed by atoms with van der Waals surface area (Å²) in [6, 6.07) is 8.30. The number of hydrogen-bond acceptors (Lipinski definition) is 2. The van der Waals surface area contributed by atoms with Gasteiger partial charge in [-0.2, -0.15) is 0 Å². The minimum Gasteiger partial charge on any atom is -0.477 e. The second-order valence-electron chi connectivity index (χ2n) is 6.13. The van der Waals surface area contributed by atoms with Crippen molar-refractivity contribution in [3.8, 4) is 0 Å². The van der Waals surface area contributed by atoms with Gasteiger partial charge in [-0.15, -0.1) is 0 Å². The highest BCUT2D eigenvalue weighted by Crippen LogP contribution is 2.48. The van der Waals surface area contributed by atoms with Crippen LogP contribution >= 0.6 is 0 Å². The Labute approximate surface area is 118 Å². The van der Waals surface area contributed by atoms with Gasteiger partial charge in [0, 0.05) is 0 Å². The molecule has 1 aliphatic carbocycles. The SMILES string of the molecule is Cc1ncc(C(=O)O)n1C1c2ccccc2CC1(C)C. The zero-order valence-electron chi connectivity index (χ0n) is 11.9. The number of benzene rings is 1. The molecule has 0 aliphatic heterocycles. The van der Waals surface area contributed by atoms with Crippen LogP contribution < -0.4 is 0 Å². The van der Waals surface area contributed by atoms with Crippen molar-refractivity contribution < 1.29 is 9.90 Å². The van der Waals surface area contributed by atoms with E-state index in [0.717, 1.165) is 12.2 Å². The number of rotatable bonds is 2. The van der Waals surface area contributed by atoms with E-state index in [4.69, 9.17) is 0 Å². The van der Waals surface area contributed by atoms with E-state index in [1.165, 1.54) is 17.3 Å². The first-order valence-corrected chi connectivity index (χ1v) is 6.77. The molecule has 1 N–H and O–H groups in total. The average molecular weight is 270 g/mol. The average Bonchev–Trinajstić information content (AvgIpc) is 2.85. The Morgan fingerprint density at radius 3 is 2.80 bits per heavy atom. The van der Waals surface area contributed by atoms with Crippen molar-refractivity contribution >= 4 is 5.97 Å². The molecule has 1 aromatic carbocycles. The third-order valence-electron chi connectivity index (χ3n) is 4.20. The first-order valence-electron chi connectivity index (χ1n) is 6.77. The molecule has 0 saturated heterocycles. The number of hydrogen-bond donors (Lipinski definition) is 1. The molecule has 0 bridgehead atoms. The first kappa shape index (κ1) is 12.9. The Bertz CT molecular complexity index is 686. The third-order valence-corrected chi connectivity index (χ3v) is 4.20. The molecule has 1 heterocycles. The molecule has 3 rings (SSSR count). The molecule has 104 valence electrons. The molecule has 2 aromatic rings. The number of imidazole rings is 1. The highest BCUT2D eigenvalue weighted by molar-refractivity contribution is 5.85. The Balaban J connectivity index is 2.23. The van der Waals surface area contributed by atoms with Crippen LogP contribution in [0.5, 0.6) is 0 Å². The predicted molar refractivity (Wildman–Crippen MR) is 76.0 cm³/mol. The summed E-state index contributed by atoms with van der Waals surface area (Å²) in [7, 11) is 0. The summed E-state index contributed by atoms with van der Waals surface area (Å²) in [5, 5.41) is 9.40. The minimum absolute atomic E-state index is 0.0206. The zero-order valence-corrected chi connectivity index (χ0v) is 11.9. The number of aryl methyl sites for hydroxylation is 1. The number of aromatic nitrogens is 2. The van der Waals surface area contributed by atoms with Crippen LogP contribution in [0.15, 0.2) is 30.5 Å². The molecule has 0 radical (unpaired) electrons. The van der Waals surface area contributed by atoms with Gasteiger partial charge in [0.25, 0.3) is 0 Å². The molecule has 0 amide bonds. The van der Waals surface area contributed by atoms with E-state index < -0.39 is 5.97 Å². The molecule has 4 heteroatoms. The Kier molecular flexibility index (Phi) is 2.71. The van der Waals surface area contributed by atoms with Gasteiger partial charge in [0.1, 0.15) is 11.5 Å².